The van der Waals surface area contributed by atoms with Gasteiger partial charge in [-0.3, -0.25) is 4.21 Å². The Bertz CT molecular complexity index is 292. The molecule has 19 heavy (non-hydrogen) atoms. The molecule has 0 spiro atoms. The molecule has 5 atom stereocenters. The summed E-state index contributed by atoms with van der Waals surface area (Å²) >= 11 is 0. The Morgan fingerprint density at radius 2 is 2.05 bits per heavy atom. The summed E-state index contributed by atoms with van der Waals surface area (Å²) in [5.74, 6) is 1.64. The zero-order valence-corrected chi connectivity index (χ0v) is 13.3. The summed E-state index contributed by atoms with van der Waals surface area (Å²) in [7, 11) is -0.656. The van der Waals surface area contributed by atoms with Crippen molar-refractivity contribution >= 4 is 10.8 Å². The lowest BCUT2D eigenvalue weighted by molar-refractivity contribution is 0.202. The maximum absolute atomic E-state index is 11.2. The molecule has 2 aliphatic rings. The Morgan fingerprint density at radius 1 is 1.26 bits per heavy atom. The Labute approximate surface area is 120 Å². The molecule has 1 saturated heterocycles. The van der Waals surface area contributed by atoms with E-state index in [0.29, 0.717) is 12.1 Å². The van der Waals surface area contributed by atoms with Crippen molar-refractivity contribution in [1.82, 2.24) is 10.6 Å². The van der Waals surface area contributed by atoms with Gasteiger partial charge < -0.3 is 10.6 Å². The quantitative estimate of drug-likeness (QED) is 0.785. The average molecular weight is 286 g/mol. The fourth-order valence-corrected chi connectivity index (χ4v) is 4.40. The van der Waals surface area contributed by atoms with E-state index in [4.69, 9.17) is 0 Å². The predicted octanol–water partition coefficient (Wildman–Crippen LogP) is 2.04. The van der Waals surface area contributed by atoms with Crippen molar-refractivity contribution in [2.24, 2.45) is 5.92 Å². The lowest BCUT2D eigenvalue weighted by Gasteiger charge is -2.38. The van der Waals surface area contributed by atoms with Crippen LogP contribution in [0.1, 0.15) is 51.9 Å². The molecule has 2 N–H and O–H groups in total. The van der Waals surface area contributed by atoms with Gasteiger partial charge in [0.2, 0.25) is 0 Å². The van der Waals surface area contributed by atoms with Gasteiger partial charge in [0.05, 0.1) is 0 Å². The van der Waals surface area contributed by atoms with Crippen molar-refractivity contribution in [2.45, 2.75) is 70.0 Å². The van der Waals surface area contributed by atoms with E-state index in [2.05, 4.69) is 17.6 Å². The molecule has 2 rings (SSSR count). The molecule has 0 aromatic heterocycles. The Balaban J connectivity index is 1.82. The van der Waals surface area contributed by atoms with Gasteiger partial charge in [-0.15, -0.1) is 0 Å². The average Bonchev–Trinajstić information content (AvgIpc) is 2.91. The van der Waals surface area contributed by atoms with E-state index in [1.807, 2.05) is 0 Å². The molecule has 0 bridgehead atoms. The minimum Gasteiger partial charge on any atom is -0.314 e. The Kier molecular flexibility index (Phi) is 6.30. The molecule has 1 aliphatic carbocycles. The first kappa shape index (κ1) is 15.5. The highest BCUT2D eigenvalue weighted by Crippen LogP contribution is 2.31. The summed E-state index contributed by atoms with van der Waals surface area (Å²) < 4.78 is 11.2. The fraction of sp³-hybridized carbons (Fsp3) is 1.00. The van der Waals surface area contributed by atoms with E-state index in [0.717, 1.165) is 24.1 Å². The number of hydrogen-bond donors (Lipinski definition) is 2. The summed E-state index contributed by atoms with van der Waals surface area (Å²) in [6, 6.07) is 1.91. The van der Waals surface area contributed by atoms with Crippen molar-refractivity contribution in [3.05, 3.63) is 0 Å². The van der Waals surface area contributed by atoms with Gasteiger partial charge in [-0.05, 0) is 51.5 Å². The van der Waals surface area contributed by atoms with E-state index in [1.165, 1.54) is 45.1 Å². The largest absolute Gasteiger partial charge is 0.314 e. The third kappa shape index (κ3) is 4.83. The van der Waals surface area contributed by atoms with E-state index in [-0.39, 0.29) is 0 Å². The molecule has 3 nitrogen and oxygen atoms in total. The first-order chi connectivity index (χ1) is 9.16. The van der Waals surface area contributed by atoms with Crippen LogP contribution in [0.25, 0.3) is 0 Å². The third-order valence-electron chi connectivity index (χ3n) is 4.77. The van der Waals surface area contributed by atoms with Crippen LogP contribution in [0.3, 0.4) is 0 Å². The van der Waals surface area contributed by atoms with Gasteiger partial charge in [-0.25, -0.2) is 0 Å². The van der Waals surface area contributed by atoms with Crippen LogP contribution in [0.5, 0.6) is 0 Å². The summed E-state index contributed by atoms with van der Waals surface area (Å²) in [5, 5.41) is 7.52. The standard InChI is InChI=1S/C15H30N2OS/c1-12(9-11-19(2)18)17-15-7-4-3-6-13(15)14-8-5-10-16-14/h12-17H,3-11H2,1-2H3. The molecule has 112 valence electrons. The van der Waals surface area contributed by atoms with Crippen LogP contribution >= 0.6 is 0 Å². The number of hydrogen-bond acceptors (Lipinski definition) is 3. The molecule has 0 radical (unpaired) electrons. The van der Waals surface area contributed by atoms with Gasteiger partial charge >= 0.3 is 0 Å². The van der Waals surface area contributed by atoms with E-state index >= 15 is 0 Å². The topological polar surface area (TPSA) is 41.1 Å². The van der Waals surface area contributed by atoms with Crippen LogP contribution < -0.4 is 10.6 Å². The van der Waals surface area contributed by atoms with Gasteiger partial charge in [0.15, 0.2) is 0 Å². The Morgan fingerprint density at radius 3 is 2.74 bits per heavy atom. The van der Waals surface area contributed by atoms with Gasteiger partial charge in [0.1, 0.15) is 0 Å². The maximum Gasteiger partial charge on any atom is 0.0246 e. The van der Waals surface area contributed by atoms with Gasteiger partial charge in [0.25, 0.3) is 0 Å². The van der Waals surface area contributed by atoms with Crippen LogP contribution in [0, 0.1) is 5.92 Å². The van der Waals surface area contributed by atoms with Gasteiger partial charge in [-0.1, -0.05) is 12.8 Å². The highest BCUT2D eigenvalue weighted by atomic mass is 32.2. The van der Waals surface area contributed by atoms with Crippen molar-refractivity contribution in [2.75, 3.05) is 18.6 Å². The van der Waals surface area contributed by atoms with Crippen molar-refractivity contribution in [3.63, 3.8) is 0 Å². The lowest BCUT2D eigenvalue weighted by atomic mass is 9.79. The zero-order chi connectivity index (χ0) is 13.7. The smallest absolute Gasteiger partial charge is 0.0246 e. The fourth-order valence-electron chi connectivity index (χ4n) is 3.72. The summed E-state index contributed by atoms with van der Waals surface area (Å²) in [6.45, 7) is 3.46. The second-order valence-corrected chi connectivity index (χ2v) is 7.95. The molecule has 4 heteroatoms. The molecule has 1 saturated carbocycles. The second kappa shape index (κ2) is 7.75. The monoisotopic (exact) mass is 286 g/mol. The lowest BCUT2D eigenvalue weighted by Crippen LogP contribution is -2.49. The molecule has 5 unspecified atom stereocenters. The van der Waals surface area contributed by atoms with Gasteiger partial charge in [-0.2, -0.15) is 0 Å². The second-order valence-electron chi connectivity index (χ2n) is 6.39. The number of rotatable bonds is 6. The number of nitrogens with one attached hydrogen (secondary N) is 2. The minimum atomic E-state index is -0.656. The zero-order valence-electron chi connectivity index (χ0n) is 12.5. The van der Waals surface area contributed by atoms with Crippen LogP contribution in [-0.2, 0) is 10.8 Å². The minimum absolute atomic E-state index is 0.496. The molecular weight excluding hydrogens is 256 g/mol. The molecule has 0 amide bonds. The van der Waals surface area contributed by atoms with Crippen molar-refractivity contribution in [1.29, 1.82) is 0 Å². The molecule has 2 fully saturated rings. The van der Waals surface area contributed by atoms with E-state index in [1.54, 1.807) is 6.26 Å². The first-order valence-electron chi connectivity index (χ1n) is 7.96. The normalized spacial score (nSPS) is 35.2. The molecule has 1 heterocycles. The molecule has 0 aromatic rings. The maximum atomic E-state index is 11.2. The summed E-state index contributed by atoms with van der Waals surface area (Å²) in [6.07, 6.45) is 11.0. The highest BCUT2D eigenvalue weighted by molar-refractivity contribution is 7.84. The first-order valence-corrected chi connectivity index (χ1v) is 9.69. The SMILES string of the molecule is CC(CCS(C)=O)NC1CCCCC1C1CCCN1. The molecule has 1 aliphatic heterocycles. The Hall–Kier alpha value is 0.0700. The summed E-state index contributed by atoms with van der Waals surface area (Å²) in [4.78, 5) is 0. The van der Waals surface area contributed by atoms with E-state index in [9.17, 15) is 4.21 Å². The molecular formula is C15H30N2OS. The van der Waals surface area contributed by atoms with E-state index < -0.39 is 10.8 Å². The van der Waals surface area contributed by atoms with Crippen LogP contribution in [0.2, 0.25) is 0 Å². The van der Waals surface area contributed by atoms with Crippen molar-refractivity contribution < 1.29 is 4.21 Å². The third-order valence-corrected chi connectivity index (χ3v) is 5.58. The summed E-state index contributed by atoms with van der Waals surface area (Å²) in [5.41, 5.74) is 0. The van der Waals surface area contributed by atoms with Crippen LogP contribution in [0.4, 0.5) is 0 Å². The molecule has 0 aromatic carbocycles. The van der Waals surface area contributed by atoms with Gasteiger partial charge in [0, 0.05) is 40.9 Å². The van der Waals surface area contributed by atoms with Crippen LogP contribution in [-0.4, -0.2) is 40.9 Å². The van der Waals surface area contributed by atoms with Crippen molar-refractivity contribution in [3.8, 4) is 0 Å². The highest BCUT2D eigenvalue weighted by Gasteiger charge is 2.33. The van der Waals surface area contributed by atoms with Crippen LogP contribution in [0.15, 0.2) is 0 Å². The predicted molar refractivity (Wildman–Crippen MR) is 82.9 cm³/mol.